The van der Waals surface area contributed by atoms with Gasteiger partial charge in [-0.3, -0.25) is 5.26 Å². The molecule has 1 saturated carbocycles. The Kier molecular flexibility index (Phi) is 3.25. The van der Waals surface area contributed by atoms with E-state index in [1.54, 1.807) is 0 Å². The fourth-order valence-corrected chi connectivity index (χ4v) is 4.31. The van der Waals surface area contributed by atoms with Gasteiger partial charge in [0.2, 0.25) is 0 Å². The molecule has 6 atom stereocenters. The lowest BCUT2D eigenvalue weighted by Crippen LogP contribution is -2.54. The van der Waals surface area contributed by atoms with Crippen molar-refractivity contribution in [3.63, 3.8) is 0 Å². The van der Waals surface area contributed by atoms with Crippen molar-refractivity contribution in [1.82, 2.24) is 0 Å². The SMILES string of the molecule is CC(C)C1=CC(OO)C2(C)OOC1C1C(C)CCC12. The second kappa shape index (κ2) is 4.55. The van der Waals surface area contributed by atoms with Crippen molar-refractivity contribution < 1.29 is 19.9 Å². The average molecular weight is 268 g/mol. The van der Waals surface area contributed by atoms with Crippen molar-refractivity contribution in [3.05, 3.63) is 11.6 Å². The fourth-order valence-electron chi connectivity index (χ4n) is 4.31. The maximum Gasteiger partial charge on any atom is 0.143 e. The number of rotatable bonds is 2. The highest BCUT2D eigenvalue weighted by Gasteiger charge is 2.60. The van der Waals surface area contributed by atoms with Crippen molar-refractivity contribution in [2.75, 3.05) is 0 Å². The van der Waals surface area contributed by atoms with E-state index in [1.807, 2.05) is 13.0 Å². The first-order chi connectivity index (χ1) is 8.99. The molecule has 4 nitrogen and oxygen atoms in total. The van der Waals surface area contributed by atoms with Crippen LogP contribution in [0, 0.1) is 23.7 Å². The minimum Gasteiger partial charge on any atom is -0.251 e. The van der Waals surface area contributed by atoms with Crippen molar-refractivity contribution >= 4 is 0 Å². The van der Waals surface area contributed by atoms with E-state index in [2.05, 4.69) is 20.8 Å². The largest absolute Gasteiger partial charge is 0.251 e. The first kappa shape index (κ1) is 13.6. The zero-order valence-electron chi connectivity index (χ0n) is 12.1. The molecule has 4 aliphatic rings. The molecular weight excluding hydrogens is 244 g/mol. The van der Waals surface area contributed by atoms with Crippen LogP contribution < -0.4 is 0 Å². The van der Waals surface area contributed by atoms with Crippen LogP contribution in [-0.2, 0) is 14.7 Å². The summed E-state index contributed by atoms with van der Waals surface area (Å²) in [7, 11) is 0. The summed E-state index contributed by atoms with van der Waals surface area (Å²) in [5.74, 6) is 1.83. The average Bonchev–Trinajstić information content (AvgIpc) is 2.64. The van der Waals surface area contributed by atoms with Crippen molar-refractivity contribution in [2.45, 2.75) is 58.3 Å². The van der Waals surface area contributed by atoms with E-state index in [1.165, 1.54) is 12.0 Å². The normalized spacial score (nSPS) is 49.2. The Balaban J connectivity index is 2.08. The van der Waals surface area contributed by atoms with E-state index >= 15 is 0 Å². The molecule has 0 radical (unpaired) electrons. The summed E-state index contributed by atoms with van der Waals surface area (Å²) in [6.07, 6.45) is 3.89. The Morgan fingerprint density at radius 1 is 1.42 bits per heavy atom. The van der Waals surface area contributed by atoms with Gasteiger partial charge >= 0.3 is 0 Å². The lowest BCUT2D eigenvalue weighted by molar-refractivity contribution is -0.450. The van der Waals surface area contributed by atoms with Gasteiger partial charge in [-0.1, -0.05) is 20.8 Å². The third kappa shape index (κ3) is 1.81. The Labute approximate surface area is 114 Å². The van der Waals surface area contributed by atoms with Crippen LogP contribution in [0.25, 0.3) is 0 Å². The van der Waals surface area contributed by atoms with E-state index in [4.69, 9.17) is 14.7 Å². The van der Waals surface area contributed by atoms with Crippen LogP contribution in [0.1, 0.15) is 40.5 Å². The molecule has 1 N–H and O–H groups in total. The van der Waals surface area contributed by atoms with E-state index < -0.39 is 11.7 Å². The topological polar surface area (TPSA) is 47.9 Å². The predicted octanol–water partition coefficient (Wildman–Crippen LogP) is 3.19. The third-order valence-electron chi connectivity index (χ3n) is 5.49. The van der Waals surface area contributed by atoms with E-state index in [0.717, 1.165) is 6.42 Å². The zero-order chi connectivity index (χ0) is 13.8. The molecular formula is C15H24O4. The van der Waals surface area contributed by atoms with Gasteiger partial charge < -0.3 is 0 Å². The predicted molar refractivity (Wildman–Crippen MR) is 70.2 cm³/mol. The van der Waals surface area contributed by atoms with Gasteiger partial charge in [-0.25, -0.2) is 14.7 Å². The highest BCUT2D eigenvalue weighted by atomic mass is 17.2. The van der Waals surface area contributed by atoms with E-state index in [-0.39, 0.29) is 6.10 Å². The standard InChI is InChI=1S/C15H24O4/c1-8(2)10-7-12(17-16)15(4)11-6-5-9(3)13(11)14(10)18-19-15/h7-9,11-14,16H,5-6H2,1-4H3. The Morgan fingerprint density at radius 3 is 2.79 bits per heavy atom. The minimum atomic E-state index is -0.586. The highest BCUT2D eigenvalue weighted by Crippen LogP contribution is 2.55. The molecule has 0 aromatic carbocycles. The maximum atomic E-state index is 9.31. The van der Waals surface area contributed by atoms with Crippen molar-refractivity contribution in [1.29, 1.82) is 0 Å². The lowest BCUT2D eigenvalue weighted by Gasteiger charge is -2.45. The molecule has 1 saturated heterocycles. The summed E-state index contributed by atoms with van der Waals surface area (Å²) < 4.78 is 0. The van der Waals surface area contributed by atoms with Crippen LogP contribution in [0.3, 0.4) is 0 Å². The van der Waals surface area contributed by atoms with Crippen LogP contribution in [0.2, 0.25) is 0 Å². The van der Waals surface area contributed by atoms with Gasteiger partial charge in [-0.05, 0) is 49.2 Å². The molecule has 19 heavy (non-hydrogen) atoms. The number of fused-ring (bicyclic) bond motifs is 2. The molecule has 0 amide bonds. The molecule has 4 rings (SSSR count). The summed E-state index contributed by atoms with van der Waals surface area (Å²) in [5.41, 5.74) is 0.612. The molecule has 0 aromatic heterocycles. The molecule has 6 unspecified atom stereocenters. The monoisotopic (exact) mass is 268 g/mol. The van der Waals surface area contributed by atoms with Crippen molar-refractivity contribution in [2.24, 2.45) is 23.7 Å². The van der Waals surface area contributed by atoms with Gasteiger partial charge in [0.1, 0.15) is 17.8 Å². The number of hydrogen-bond donors (Lipinski definition) is 1. The second-order valence-electron chi connectivity index (χ2n) is 6.87. The molecule has 2 fully saturated rings. The lowest BCUT2D eigenvalue weighted by atomic mass is 9.74. The quantitative estimate of drug-likeness (QED) is 0.474. The van der Waals surface area contributed by atoms with Gasteiger partial charge in [-0.2, -0.15) is 0 Å². The van der Waals surface area contributed by atoms with Crippen LogP contribution in [0.5, 0.6) is 0 Å². The van der Waals surface area contributed by atoms with E-state index in [9.17, 15) is 5.26 Å². The summed E-state index contributed by atoms with van der Waals surface area (Å²) in [5, 5.41) is 9.31. The molecule has 0 aromatic rings. The Bertz CT molecular complexity index is 392. The molecule has 0 spiro atoms. The van der Waals surface area contributed by atoms with Gasteiger partial charge in [0.25, 0.3) is 0 Å². The van der Waals surface area contributed by atoms with Gasteiger partial charge in [0.15, 0.2) is 0 Å². The molecule has 2 aliphatic heterocycles. The Hall–Kier alpha value is -0.420. The first-order valence-corrected chi connectivity index (χ1v) is 7.35. The molecule has 4 heteroatoms. The Morgan fingerprint density at radius 2 is 2.16 bits per heavy atom. The maximum absolute atomic E-state index is 9.31. The van der Waals surface area contributed by atoms with Gasteiger partial charge in [-0.15, -0.1) is 0 Å². The minimum absolute atomic E-state index is 0.00993. The molecule has 2 bridgehead atoms. The molecule has 2 heterocycles. The fraction of sp³-hybridized carbons (Fsp3) is 0.867. The van der Waals surface area contributed by atoms with Crippen LogP contribution in [-0.4, -0.2) is 23.1 Å². The van der Waals surface area contributed by atoms with Gasteiger partial charge in [0.05, 0.1) is 0 Å². The van der Waals surface area contributed by atoms with Gasteiger partial charge in [0, 0.05) is 5.92 Å². The number of hydrogen-bond acceptors (Lipinski definition) is 4. The van der Waals surface area contributed by atoms with Crippen molar-refractivity contribution in [3.8, 4) is 0 Å². The van der Waals surface area contributed by atoms with E-state index in [0.29, 0.717) is 23.7 Å². The summed E-state index contributed by atoms with van der Waals surface area (Å²) in [6, 6.07) is 0. The van der Waals surface area contributed by atoms with Crippen LogP contribution in [0.15, 0.2) is 11.6 Å². The van der Waals surface area contributed by atoms with Crippen LogP contribution in [0.4, 0.5) is 0 Å². The summed E-state index contributed by atoms with van der Waals surface area (Å²) >= 11 is 0. The first-order valence-electron chi connectivity index (χ1n) is 7.35. The third-order valence-corrected chi connectivity index (χ3v) is 5.49. The zero-order valence-corrected chi connectivity index (χ0v) is 12.1. The highest BCUT2D eigenvalue weighted by molar-refractivity contribution is 5.25. The second-order valence-corrected chi connectivity index (χ2v) is 6.87. The summed E-state index contributed by atoms with van der Waals surface area (Å²) in [6.45, 7) is 8.60. The summed E-state index contributed by atoms with van der Waals surface area (Å²) in [4.78, 5) is 16.2. The van der Waals surface area contributed by atoms with Crippen LogP contribution >= 0.6 is 0 Å². The molecule has 2 aliphatic carbocycles. The smallest absolute Gasteiger partial charge is 0.143 e. The molecule has 108 valence electrons.